The second-order valence-electron chi connectivity index (χ2n) is 4.51. The van der Waals surface area contributed by atoms with Crippen molar-refractivity contribution in [3.05, 3.63) is 12.7 Å². The molecule has 0 aliphatic carbocycles. The molecule has 0 fully saturated rings. The maximum atomic E-state index is 11.9. The molecule has 2 atom stereocenters. The maximum Gasteiger partial charge on any atom is 0.305 e. The van der Waals surface area contributed by atoms with Gasteiger partial charge in [0.25, 0.3) is 0 Å². The number of nitrogens with zero attached hydrogens (tertiary/aromatic N) is 3. The van der Waals surface area contributed by atoms with Crippen LogP contribution in [0.5, 0.6) is 0 Å². The van der Waals surface area contributed by atoms with E-state index in [1.54, 1.807) is 6.92 Å². The summed E-state index contributed by atoms with van der Waals surface area (Å²) in [5.41, 5.74) is 0. The fourth-order valence-corrected chi connectivity index (χ4v) is 1.48. The number of amides is 1. The molecule has 0 bridgehead atoms. The minimum atomic E-state index is -0.928. The van der Waals surface area contributed by atoms with E-state index >= 15 is 0 Å². The van der Waals surface area contributed by atoms with Crippen LogP contribution in [0.1, 0.15) is 33.2 Å². The molecule has 1 aromatic rings. The van der Waals surface area contributed by atoms with Gasteiger partial charge in [-0.05, 0) is 12.8 Å². The van der Waals surface area contributed by atoms with E-state index in [0.29, 0.717) is 0 Å². The van der Waals surface area contributed by atoms with Crippen LogP contribution >= 0.6 is 0 Å². The number of aliphatic carboxylic acids is 1. The second kappa shape index (κ2) is 6.13. The number of carboxylic acid groups (broad SMARTS) is 1. The maximum absolute atomic E-state index is 11.9. The van der Waals surface area contributed by atoms with Crippen molar-refractivity contribution in [2.24, 2.45) is 5.92 Å². The highest BCUT2D eigenvalue weighted by molar-refractivity contribution is 5.80. The normalized spacial score (nSPS) is 14.2. The highest BCUT2D eigenvalue weighted by Gasteiger charge is 2.23. The zero-order valence-electron chi connectivity index (χ0n) is 10.7. The van der Waals surface area contributed by atoms with Gasteiger partial charge in [0.05, 0.1) is 6.42 Å². The summed E-state index contributed by atoms with van der Waals surface area (Å²) >= 11 is 0. The van der Waals surface area contributed by atoms with E-state index in [4.69, 9.17) is 5.11 Å². The third-order valence-corrected chi connectivity index (χ3v) is 2.74. The Morgan fingerprint density at radius 2 is 2.06 bits per heavy atom. The van der Waals surface area contributed by atoms with E-state index < -0.39 is 12.0 Å². The fourth-order valence-electron chi connectivity index (χ4n) is 1.48. The Bertz CT molecular complexity index is 402. The fraction of sp³-hybridized carbons (Fsp3) is 0.636. The van der Waals surface area contributed by atoms with Gasteiger partial charge in [-0.2, -0.15) is 5.10 Å². The molecule has 0 radical (unpaired) electrons. The Kier molecular flexibility index (Phi) is 4.82. The lowest BCUT2D eigenvalue weighted by Crippen LogP contribution is -2.43. The van der Waals surface area contributed by atoms with Crippen LogP contribution in [0, 0.1) is 5.92 Å². The largest absolute Gasteiger partial charge is 0.481 e. The molecule has 1 amide bonds. The molecule has 0 aliphatic rings. The molecule has 0 aliphatic heterocycles. The highest BCUT2D eigenvalue weighted by atomic mass is 16.4. The molecule has 7 nitrogen and oxygen atoms in total. The molecule has 0 aromatic carbocycles. The molecule has 1 rings (SSSR count). The Balaban J connectivity index is 2.63. The first-order valence-corrected chi connectivity index (χ1v) is 5.78. The molecular formula is C11H18N4O3. The number of nitrogens with one attached hydrogen (secondary N) is 1. The van der Waals surface area contributed by atoms with Gasteiger partial charge >= 0.3 is 5.97 Å². The molecule has 2 N–H and O–H groups in total. The minimum Gasteiger partial charge on any atom is -0.481 e. The number of hydrogen-bond acceptors (Lipinski definition) is 4. The van der Waals surface area contributed by atoms with Crippen LogP contribution in [-0.4, -0.2) is 37.8 Å². The summed E-state index contributed by atoms with van der Waals surface area (Å²) in [6, 6.07) is -0.900. The summed E-state index contributed by atoms with van der Waals surface area (Å²) in [5.74, 6) is -1.14. The van der Waals surface area contributed by atoms with E-state index in [1.807, 2.05) is 13.8 Å². The van der Waals surface area contributed by atoms with E-state index in [0.717, 1.165) is 0 Å². The molecule has 1 heterocycles. The molecule has 18 heavy (non-hydrogen) atoms. The van der Waals surface area contributed by atoms with Crippen molar-refractivity contribution in [2.45, 2.75) is 39.3 Å². The highest BCUT2D eigenvalue weighted by Crippen LogP contribution is 2.09. The predicted molar refractivity (Wildman–Crippen MR) is 63.8 cm³/mol. The second-order valence-corrected chi connectivity index (χ2v) is 4.51. The third-order valence-electron chi connectivity index (χ3n) is 2.74. The minimum absolute atomic E-state index is 0.0491. The molecule has 7 heteroatoms. The van der Waals surface area contributed by atoms with Gasteiger partial charge in [0, 0.05) is 6.04 Å². The Morgan fingerprint density at radius 1 is 1.39 bits per heavy atom. The summed E-state index contributed by atoms with van der Waals surface area (Å²) in [6.45, 7) is 5.42. The molecular weight excluding hydrogens is 236 g/mol. The molecule has 1 aromatic heterocycles. The summed E-state index contributed by atoms with van der Waals surface area (Å²) in [4.78, 5) is 26.4. The molecule has 2 unspecified atom stereocenters. The van der Waals surface area contributed by atoms with Crippen molar-refractivity contribution in [2.75, 3.05) is 0 Å². The van der Waals surface area contributed by atoms with Crippen LogP contribution in [-0.2, 0) is 9.59 Å². The molecule has 0 spiro atoms. The van der Waals surface area contributed by atoms with Crippen LogP contribution in [0.4, 0.5) is 0 Å². The third kappa shape index (κ3) is 3.83. The zero-order chi connectivity index (χ0) is 13.7. The summed E-state index contributed by atoms with van der Waals surface area (Å²) < 4.78 is 1.42. The van der Waals surface area contributed by atoms with Crippen LogP contribution < -0.4 is 5.32 Å². The van der Waals surface area contributed by atoms with Gasteiger partial charge in [0.1, 0.15) is 18.7 Å². The van der Waals surface area contributed by atoms with Crippen LogP contribution in [0.2, 0.25) is 0 Å². The molecule has 0 saturated carbocycles. The van der Waals surface area contributed by atoms with Gasteiger partial charge in [0.2, 0.25) is 5.91 Å². The van der Waals surface area contributed by atoms with Gasteiger partial charge in [-0.25, -0.2) is 9.67 Å². The monoisotopic (exact) mass is 254 g/mol. The van der Waals surface area contributed by atoms with Crippen molar-refractivity contribution in [1.82, 2.24) is 20.1 Å². The SMILES string of the molecule is CC(C)C(CC(=O)O)NC(=O)C(C)n1cncn1. The molecule has 0 saturated heterocycles. The Morgan fingerprint density at radius 3 is 2.50 bits per heavy atom. The summed E-state index contributed by atoms with van der Waals surface area (Å²) in [5, 5.41) is 15.4. The number of carbonyl (C=O) groups is 2. The summed E-state index contributed by atoms with van der Waals surface area (Å²) in [7, 11) is 0. The van der Waals surface area contributed by atoms with Crippen LogP contribution in [0.15, 0.2) is 12.7 Å². The van der Waals surface area contributed by atoms with Gasteiger partial charge in [-0.3, -0.25) is 9.59 Å². The standard InChI is InChI=1S/C11H18N4O3/c1-7(2)9(4-10(16)17)14-11(18)8(3)15-6-12-5-13-15/h5-9H,4H2,1-3H3,(H,14,18)(H,16,17). The number of carbonyl (C=O) groups excluding carboxylic acids is 1. The quantitative estimate of drug-likeness (QED) is 0.768. The first-order valence-electron chi connectivity index (χ1n) is 5.78. The van der Waals surface area contributed by atoms with Crippen LogP contribution in [0.3, 0.4) is 0 Å². The Hall–Kier alpha value is -1.92. The number of rotatable bonds is 6. The van der Waals surface area contributed by atoms with Gasteiger partial charge in [0.15, 0.2) is 0 Å². The van der Waals surface area contributed by atoms with Crippen LogP contribution in [0.25, 0.3) is 0 Å². The van der Waals surface area contributed by atoms with E-state index in [-0.39, 0.29) is 24.3 Å². The van der Waals surface area contributed by atoms with E-state index in [1.165, 1.54) is 17.3 Å². The zero-order valence-corrected chi connectivity index (χ0v) is 10.7. The number of aromatic nitrogens is 3. The van der Waals surface area contributed by atoms with Gasteiger partial charge in [-0.1, -0.05) is 13.8 Å². The van der Waals surface area contributed by atoms with Gasteiger partial charge < -0.3 is 10.4 Å². The average molecular weight is 254 g/mol. The number of carboxylic acids is 1. The van der Waals surface area contributed by atoms with Crippen molar-refractivity contribution in [3.8, 4) is 0 Å². The lowest BCUT2D eigenvalue weighted by Gasteiger charge is -2.22. The predicted octanol–water partition coefficient (Wildman–Crippen LogP) is 0.455. The number of hydrogen-bond donors (Lipinski definition) is 2. The topological polar surface area (TPSA) is 97.1 Å². The Labute approximate surface area is 105 Å². The first-order chi connectivity index (χ1) is 8.41. The lowest BCUT2D eigenvalue weighted by atomic mass is 10.0. The lowest BCUT2D eigenvalue weighted by molar-refractivity contribution is -0.138. The van der Waals surface area contributed by atoms with Crippen molar-refractivity contribution < 1.29 is 14.7 Å². The van der Waals surface area contributed by atoms with Crippen molar-refractivity contribution in [3.63, 3.8) is 0 Å². The van der Waals surface area contributed by atoms with Crippen molar-refractivity contribution >= 4 is 11.9 Å². The van der Waals surface area contributed by atoms with Crippen molar-refractivity contribution in [1.29, 1.82) is 0 Å². The molecule has 100 valence electrons. The smallest absolute Gasteiger partial charge is 0.305 e. The first kappa shape index (κ1) is 14.1. The van der Waals surface area contributed by atoms with Gasteiger partial charge in [-0.15, -0.1) is 0 Å². The summed E-state index contributed by atoms with van der Waals surface area (Å²) in [6.07, 6.45) is 2.71. The van der Waals surface area contributed by atoms with E-state index in [2.05, 4.69) is 15.4 Å². The van der Waals surface area contributed by atoms with E-state index in [9.17, 15) is 9.59 Å². The average Bonchev–Trinajstić information content (AvgIpc) is 2.79.